The minimum atomic E-state index is 0.711. The van der Waals surface area contributed by atoms with Crippen LogP contribution in [0.5, 0.6) is 0 Å². The van der Waals surface area contributed by atoms with Crippen LogP contribution in [0.4, 0.5) is 0 Å². The molecule has 3 aromatic heterocycles. The SMILES string of the molecule is c1cc(-c2ccc3ccccc3c2)cc(-c2nc(-c3cccc(-n4c5ccccc5c5c6c7ccccc7c7ccccc7c6ccc54)c3)nc3c2sc2ccccc23)c1. The van der Waals surface area contributed by atoms with Crippen molar-refractivity contribution >= 4 is 96.5 Å². The second-order valence-corrected chi connectivity index (χ2v) is 16.7. The van der Waals surface area contributed by atoms with E-state index in [4.69, 9.17) is 9.97 Å². The molecule has 0 unspecified atom stereocenters. The van der Waals surface area contributed by atoms with Crippen molar-refractivity contribution in [3.8, 4) is 39.5 Å². The van der Waals surface area contributed by atoms with Crippen LogP contribution >= 0.6 is 11.3 Å². The molecule has 0 amide bonds. The molecule has 0 aliphatic carbocycles. The van der Waals surface area contributed by atoms with E-state index in [1.54, 1.807) is 11.3 Å². The fourth-order valence-corrected chi connectivity index (χ4v) is 10.8. The van der Waals surface area contributed by atoms with Crippen molar-refractivity contribution in [2.45, 2.75) is 0 Å². The van der Waals surface area contributed by atoms with Crippen molar-refractivity contribution in [1.29, 1.82) is 0 Å². The number of thiophene rings is 1. The molecule has 278 valence electrons. The molecule has 0 saturated carbocycles. The van der Waals surface area contributed by atoms with Gasteiger partial charge < -0.3 is 4.57 Å². The highest BCUT2D eigenvalue weighted by Gasteiger charge is 2.21. The highest BCUT2D eigenvalue weighted by atomic mass is 32.1. The normalized spacial score (nSPS) is 12.0. The summed E-state index contributed by atoms with van der Waals surface area (Å²) < 4.78 is 4.72. The zero-order valence-corrected chi connectivity index (χ0v) is 33.1. The van der Waals surface area contributed by atoms with Crippen molar-refractivity contribution in [1.82, 2.24) is 14.5 Å². The summed E-state index contributed by atoms with van der Waals surface area (Å²) in [5.41, 5.74) is 9.74. The Morgan fingerprint density at radius 2 is 1.00 bits per heavy atom. The number of hydrogen-bond acceptors (Lipinski definition) is 3. The lowest BCUT2D eigenvalue weighted by molar-refractivity contribution is 1.17. The third-order valence-electron chi connectivity index (χ3n) is 12.3. The number of hydrogen-bond donors (Lipinski definition) is 0. The Bertz CT molecular complexity index is 3870. The van der Waals surface area contributed by atoms with Gasteiger partial charge in [0.2, 0.25) is 0 Å². The lowest BCUT2D eigenvalue weighted by atomic mass is 9.92. The van der Waals surface area contributed by atoms with Crippen LogP contribution in [0, 0.1) is 0 Å². The molecule has 13 aromatic rings. The summed E-state index contributed by atoms with van der Waals surface area (Å²) in [5, 5.41) is 13.8. The van der Waals surface area contributed by atoms with E-state index in [2.05, 4.69) is 205 Å². The minimum Gasteiger partial charge on any atom is -0.309 e. The number of aromatic nitrogens is 3. The second kappa shape index (κ2) is 12.9. The first kappa shape index (κ1) is 33.3. The minimum absolute atomic E-state index is 0.711. The van der Waals surface area contributed by atoms with E-state index in [0.29, 0.717) is 5.82 Å². The maximum atomic E-state index is 5.46. The predicted octanol–water partition coefficient (Wildman–Crippen LogP) is 15.6. The summed E-state index contributed by atoms with van der Waals surface area (Å²) in [6, 6.07) is 72.6. The fraction of sp³-hybridized carbons (Fsp3) is 0. The van der Waals surface area contributed by atoms with E-state index in [0.717, 1.165) is 43.7 Å². The molecule has 0 aliphatic rings. The standard InChI is InChI=1S/C56H33N3S/c1-2-14-35-31-37(28-27-34(35)13-1)36-15-11-16-38(32-36)53-55-54(47-24-8-10-26-50(47)60-55)58-56(57-53)39-17-12-18-40(33-39)59-48-25-9-7-23-46(48)52-49(59)30-29-45-43-21-4-3-19-41(43)42-20-5-6-22-44(42)51(45)52/h1-33H. The Morgan fingerprint density at radius 3 is 1.85 bits per heavy atom. The average Bonchev–Trinajstić information content (AvgIpc) is 3.87. The Morgan fingerprint density at radius 1 is 0.367 bits per heavy atom. The Hall–Kier alpha value is -7.66. The first-order valence-corrected chi connectivity index (χ1v) is 21.2. The van der Waals surface area contributed by atoms with Gasteiger partial charge in [0.25, 0.3) is 0 Å². The molecule has 0 N–H and O–H groups in total. The Balaban J connectivity index is 1.03. The van der Waals surface area contributed by atoms with Crippen LogP contribution in [0.15, 0.2) is 200 Å². The van der Waals surface area contributed by atoms with Gasteiger partial charge in [-0.25, -0.2) is 9.97 Å². The number of rotatable bonds is 4. The van der Waals surface area contributed by atoms with E-state index in [9.17, 15) is 0 Å². The highest BCUT2D eigenvalue weighted by Crippen LogP contribution is 2.44. The molecule has 4 heteroatoms. The summed E-state index contributed by atoms with van der Waals surface area (Å²) in [6.45, 7) is 0. The summed E-state index contributed by atoms with van der Waals surface area (Å²) in [7, 11) is 0. The molecule has 0 radical (unpaired) electrons. The van der Waals surface area contributed by atoms with Crippen LogP contribution in [0.3, 0.4) is 0 Å². The highest BCUT2D eigenvalue weighted by molar-refractivity contribution is 7.26. The smallest absolute Gasteiger partial charge is 0.160 e. The number of nitrogens with zero attached hydrogens (tertiary/aromatic N) is 3. The molecular weight excluding hydrogens is 747 g/mol. The zero-order chi connectivity index (χ0) is 39.3. The van der Waals surface area contributed by atoms with Crippen molar-refractivity contribution in [2.75, 3.05) is 0 Å². The molecule has 0 saturated heterocycles. The third-order valence-corrected chi connectivity index (χ3v) is 13.5. The quantitative estimate of drug-likeness (QED) is 0.167. The van der Waals surface area contributed by atoms with E-state index >= 15 is 0 Å². The molecular formula is C56H33N3S. The third kappa shape index (κ3) is 4.95. The second-order valence-electron chi connectivity index (χ2n) is 15.7. The van der Waals surface area contributed by atoms with Crippen LogP contribution in [0.2, 0.25) is 0 Å². The largest absolute Gasteiger partial charge is 0.309 e. The van der Waals surface area contributed by atoms with Gasteiger partial charge in [0, 0.05) is 43.1 Å². The van der Waals surface area contributed by atoms with Crippen molar-refractivity contribution in [3.05, 3.63) is 200 Å². The number of fused-ring (bicyclic) bond motifs is 14. The maximum Gasteiger partial charge on any atom is 0.160 e. The number of benzene rings is 10. The molecule has 0 fully saturated rings. The first-order chi connectivity index (χ1) is 29.7. The molecule has 0 atom stereocenters. The van der Waals surface area contributed by atoms with Gasteiger partial charge in [-0.3, -0.25) is 0 Å². The van der Waals surface area contributed by atoms with Crippen LogP contribution in [-0.2, 0) is 0 Å². The van der Waals surface area contributed by atoms with E-state index in [1.807, 2.05) is 0 Å². The van der Waals surface area contributed by atoms with Gasteiger partial charge in [0.1, 0.15) is 0 Å². The van der Waals surface area contributed by atoms with Gasteiger partial charge in [-0.05, 0) is 91.3 Å². The molecule has 3 nitrogen and oxygen atoms in total. The Labute approximate surface area is 349 Å². The monoisotopic (exact) mass is 779 g/mol. The van der Waals surface area contributed by atoms with Gasteiger partial charge in [0.05, 0.1) is 26.9 Å². The molecule has 10 aromatic carbocycles. The van der Waals surface area contributed by atoms with Crippen LogP contribution in [0.1, 0.15) is 0 Å². The molecule has 0 aliphatic heterocycles. The van der Waals surface area contributed by atoms with E-state index in [1.165, 1.54) is 75.2 Å². The van der Waals surface area contributed by atoms with Crippen LogP contribution < -0.4 is 0 Å². The molecule has 60 heavy (non-hydrogen) atoms. The van der Waals surface area contributed by atoms with Gasteiger partial charge >= 0.3 is 0 Å². The average molecular weight is 780 g/mol. The molecule has 0 spiro atoms. The van der Waals surface area contributed by atoms with Gasteiger partial charge in [-0.2, -0.15) is 0 Å². The van der Waals surface area contributed by atoms with Gasteiger partial charge in [-0.1, -0.05) is 158 Å². The first-order valence-electron chi connectivity index (χ1n) is 20.4. The topological polar surface area (TPSA) is 30.7 Å². The van der Waals surface area contributed by atoms with Crippen LogP contribution in [-0.4, -0.2) is 14.5 Å². The van der Waals surface area contributed by atoms with Gasteiger partial charge in [0.15, 0.2) is 5.82 Å². The Kier molecular flexibility index (Phi) is 7.18. The number of para-hydroxylation sites is 1. The lowest BCUT2D eigenvalue weighted by Crippen LogP contribution is -1.97. The summed E-state index contributed by atoms with van der Waals surface area (Å²) in [5.74, 6) is 0.711. The van der Waals surface area contributed by atoms with Crippen molar-refractivity contribution in [2.24, 2.45) is 0 Å². The predicted molar refractivity (Wildman–Crippen MR) is 256 cm³/mol. The van der Waals surface area contributed by atoms with Crippen molar-refractivity contribution in [3.63, 3.8) is 0 Å². The summed E-state index contributed by atoms with van der Waals surface area (Å²) >= 11 is 1.77. The van der Waals surface area contributed by atoms with Crippen LogP contribution in [0.25, 0.3) is 125 Å². The van der Waals surface area contributed by atoms with Crippen molar-refractivity contribution < 1.29 is 0 Å². The summed E-state index contributed by atoms with van der Waals surface area (Å²) in [6.07, 6.45) is 0. The zero-order valence-electron chi connectivity index (χ0n) is 32.3. The molecule has 13 rings (SSSR count). The summed E-state index contributed by atoms with van der Waals surface area (Å²) in [4.78, 5) is 10.8. The fourth-order valence-electron chi connectivity index (χ4n) is 9.65. The van der Waals surface area contributed by atoms with E-state index < -0.39 is 0 Å². The van der Waals surface area contributed by atoms with Gasteiger partial charge in [-0.15, -0.1) is 11.3 Å². The van der Waals surface area contributed by atoms with E-state index in [-0.39, 0.29) is 0 Å². The molecule has 3 heterocycles. The maximum absolute atomic E-state index is 5.46. The lowest BCUT2D eigenvalue weighted by Gasteiger charge is -2.13. The molecule has 0 bridgehead atoms.